The number of anilines is 2. The number of carboxylic acids is 1. The van der Waals surface area contributed by atoms with Crippen LogP contribution in [0.1, 0.15) is 49.1 Å². The van der Waals surface area contributed by atoms with Crippen LogP contribution in [0, 0.1) is 11.7 Å². The van der Waals surface area contributed by atoms with Crippen LogP contribution in [-0.4, -0.2) is 104 Å². The van der Waals surface area contributed by atoms with Gasteiger partial charge in [0.2, 0.25) is 11.8 Å². The average molecular weight is 657 g/mol. The number of likely N-dealkylation sites (N-methyl/N-ethyl adjacent to an activating group) is 1. The summed E-state index contributed by atoms with van der Waals surface area (Å²) in [6.07, 6.45) is 3.24. The topological polar surface area (TPSA) is 112 Å². The van der Waals surface area contributed by atoms with Crippen LogP contribution in [0.2, 0.25) is 5.02 Å². The van der Waals surface area contributed by atoms with Crippen LogP contribution in [0.4, 0.5) is 15.8 Å². The van der Waals surface area contributed by atoms with Crippen LogP contribution in [0.5, 0.6) is 0 Å². The zero-order chi connectivity index (χ0) is 32.5. The number of methoxy groups -OCH3 is 1. The van der Waals surface area contributed by atoms with Crippen molar-refractivity contribution in [1.29, 1.82) is 0 Å². The molecule has 0 aromatic heterocycles. The molecule has 0 radical (unpaired) electrons. The molecule has 46 heavy (non-hydrogen) atoms. The number of benzene rings is 2. The molecule has 2 aromatic carbocycles. The van der Waals surface area contributed by atoms with E-state index in [0.717, 1.165) is 30.8 Å². The Morgan fingerprint density at radius 1 is 1.04 bits per heavy atom. The largest absolute Gasteiger partial charge is 0.481 e. The first-order chi connectivity index (χ1) is 22.1. The van der Waals surface area contributed by atoms with Crippen molar-refractivity contribution >= 4 is 40.8 Å². The molecule has 6 rings (SSSR count). The molecule has 1 aliphatic carbocycles. The molecule has 0 bridgehead atoms. The second-order valence-electron chi connectivity index (χ2n) is 13.1. The zero-order valence-corrected chi connectivity index (χ0v) is 27.0. The lowest BCUT2D eigenvalue weighted by molar-refractivity contribution is -0.144. The Hall–Kier alpha value is -3.25. The van der Waals surface area contributed by atoms with E-state index in [4.69, 9.17) is 21.1 Å². The minimum absolute atomic E-state index is 0.0365. The maximum absolute atomic E-state index is 15.5. The standard InChI is InChI=1S/C34H42ClFN4O6/c1-38-18-27(26-5-3-4-6-31(26)38)33(42)37-30-14-29(36)21(11-28(30)35)12-32(41)40-15-22(39-16-25(17-39)45-2)13-23(40)19-46-24-9-7-20(8-10-24)34(43)44/h3-6,11,14,20,22-25,27H,7-10,12-13,15-19H2,1-2H3,(H,37,42)(H,43,44)/t20-,22-,23-,24-,27?/m0/s1. The SMILES string of the molecule is COC1CN([C@H]2C[C@@H](CO[C@H]3CC[C@H](C(=O)O)CC3)N(C(=O)Cc3cc(Cl)c(NC(=O)C4CN(C)c5ccccc54)cc3F)C2)C1. The summed E-state index contributed by atoms with van der Waals surface area (Å²) in [5, 5.41) is 12.3. The molecule has 0 spiro atoms. The molecular weight excluding hydrogens is 615 g/mol. The van der Waals surface area contributed by atoms with Gasteiger partial charge in [0.15, 0.2) is 0 Å². The predicted molar refractivity (Wildman–Crippen MR) is 172 cm³/mol. The molecule has 248 valence electrons. The van der Waals surface area contributed by atoms with Crippen molar-refractivity contribution in [2.75, 3.05) is 57.2 Å². The Morgan fingerprint density at radius 2 is 1.78 bits per heavy atom. The van der Waals surface area contributed by atoms with Gasteiger partial charge in [-0.1, -0.05) is 29.8 Å². The number of hydrogen-bond donors (Lipinski definition) is 2. The van der Waals surface area contributed by atoms with Gasteiger partial charge in [0.1, 0.15) is 5.82 Å². The number of halogens is 2. The second-order valence-corrected chi connectivity index (χ2v) is 13.5. The summed E-state index contributed by atoms with van der Waals surface area (Å²) < 4.78 is 27.1. The van der Waals surface area contributed by atoms with Crippen LogP contribution in [0.15, 0.2) is 36.4 Å². The number of rotatable bonds is 10. The van der Waals surface area contributed by atoms with Crippen LogP contribution in [0.3, 0.4) is 0 Å². The third-order valence-corrected chi connectivity index (χ3v) is 10.5. The number of nitrogens with one attached hydrogen (secondary N) is 1. The number of fused-ring (bicyclic) bond motifs is 1. The molecule has 12 heteroatoms. The van der Waals surface area contributed by atoms with Gasteiger partial charge in [0.05, 0.1) is 53.8 Å². The fourth-order valence-corrected chi connectivity index (χ4v) is 7.62. The highest BCUT2D eigenvalue weighted by atomic mass is 35.5. The van der Waals surface area contributed by atoms with Crippen LogP contribution < -0.4 is 10.2 Å². The lowest BCUT2D eigenvalue weighted by atomic mass is 9.87. The van der Waals surface area contributed by atoms with Gasteiger partial charge in [0, 0.05) is 52.1 Å². The summed E-state index contributed by atoms with van der Waals surface area (Å²) in [5.41, 5.74) is 2.23. The highest BCUT2D eigenvalue weighted by Crippen LogP contribution is 2.37. The van der Waals surface area contributed by atoms with E-state index in [2.05, 4.69) is 10.2 Å². The maximum atomic E-state index is 15.5. The third-order valence-electron chi connectivity index (χ3n) is 10.2. The normalized spacial score (nSPS) is 26.6. The minimum atomic E-state index is -0.757. The quantitative estimate of drug-likeness (QED) is 0.393. The number of aliphatic carboxylic acids is 1. The monoisotopic (exact) mass is 656 g/mol. The molecule has 3 atom stereocenters. The summed E-state index contributed by atoms with van der Waals surface area (Å²) in [6, 6.07) is 10.3. The van der Waals surface area contributed by atoms with E-state index in [1.165, 1.54) is 12.1 Å². The van der Waals surface area contributed by atoms with E-state index in [9.17, 15) is 19.5 Å². The van der Waals surface area contributed by atoms with Crippen molar-refractivity contribution < 1.29 is 33.4 Å². The Morgan fingerprint density at radius 3 is 2.50 bits per heavy atom. The number of hydrogen-bond acceptors (Lipinski definition) is 7. The van der Waals surface area contributed by atoms with Gasteiger partial charge < -0.3 is 29.7 Å². The highest BCUT2D eigenvalue weighted by Gasteiger charge is 2.42. The van der Waals surface area contributed by atoms with Crippen molar-refractivity contribution in [1.82, 2.24) is 9.80 Å². The molecule has 2 N–H and O–H groups in total. The van der Waals surface area contributed by atoms with E-state index < -0.39 is 17.7 Å². The number of para-hydroxylation sites is 1. The van der Waals surface area contributed by atoms with Gasteiger partial charge in [0.25, 0.3) is 0 Å². The summed E-state index contributed by atoms with van der Waals surface area (Å²) in [7, 11) is 3.63. The van der Waals surface area contributed by atoms with Gasteiger partial charge >= 0.3 is 5.97 Å². The van der Waals surface area contributed by atoms with E-state index in [-0.39, 0.29) is 64.7 Å². The predicted octanol–water partition coefficient (Wildman–Crippen LogP) is 4.15. The second kappa shape index (κ2) is 13.9. The number of carbonyl (C=O) groups excluding carboxylic acids is 2. The molecule has 2 aromatic rings. The number of nitrogens with zero attached hydrogens (tertiary/aromatic N) is 3. The van der Waals surface area contributed by atoms with Crippen molar-refractivity contribution in [2.24, 2.45) is 5.92 Å². The lowest BCUT2D eigenvalue weighted by Crippen LogP contribution is -2.56. The van der Waals surface area contributed by atoms with Gasteiger partial charge in [-0.05, 0) is 61.4 Å². The summed E-state index contributed by atoms with van der Waals surface area (Å²) in [5.74, 6) is -2.59. The molecule has 3 fully saturated rings. The fraction of sp³-hybridized carbons (Fsp3) is 0.559. The van der Waals surface area contributed by atoms with Gasteiger partial charge in [-0.15, -0.1) is 0 Å². The number of likely N-dealkylation sites (tertiary alicyclic amines) is 2. The Kier molecular flexibility index (Phi) is 9.84. The molecule has 3 heterocycles. The molecule has 1 unspecified atom stereocenters. The maximum Gasteiger partial charge on any atom is 0.306 e. The lowest BCUT2D eigenvalue weighted by Gasteiger charge is -2.42. The Bertz CT molecular complexity index is 1460. The molecule has 10 nitrogen and oxygen atoms in total. The van der Waals surface area contributed by atoms with Crippen molar-refractivity contribution in [2.45, 2.75) is 68.7 Å². The number of carboxylic acid groups (broad SMARTS) is 1. The van der Waals surface area contributed by atoms with Crippen LogP contribution >= 0.6 is 11.6 Å². The van der Waals surface area contributed by atoms with E-state index >= 15 is 4.39 Å². The smallest absolute Gasteiger partial charge is 0.306 e. The summed E-state index contributed by atoms with van der Waals surface area (Å²) >= 11 is 6.54. The number of amides is 2. The third kappa shape index (κ3) is 6.88. The first kappa shape index (κ1) is 32.7. The van der Waals surface area contributed by atoms with Crippen LogP contribution in [-0.2, 0) is 30.3 Å². The van der Waals surface area contributed by atoms with Gasteiger partial charge in [-0.25, -0.2) is 4.39 Å². The first-order valence-corrected chi connectivity index (χ1v) is 16.5. The summed E-state index contributed by atoms with van der Waals surface area (Å²) in [4.78, 5) is 44.4. The van der Waals surface area contributed by atoms with Gasteiger partial charge in [-0.3, -0.25) is 19.3 Å². The van der Waals surface area contributed by atoms with Crippen molar-refractivity contribution in [3.8, 4) is 0 Å². The summed E-state index contributed by atoms with van der Waals surface area (Å²) in [6.45, 7) is 2.97. The Balaban J connectivity index is 1.10. The number of carbonyl (C=O) groups is 3. The zero-order valence-electron chi connectivity index (χ0n) is 26.3. The highest BCUT2D eigenvalue weighted by molar-refractivity contribution is 6.33. The number of ether oxygens (including phenoxy) is 2. The van der Waals surface area contributed by atoms with Gasteiger partial charge in [-0.2, -0.15) is 0 Å². The Labute approximate surface area is 273 Å². The minimum Gasteiger partial charge on any atom is -0.481 e. The molecule has 2 amide bonds. The average Bonchev–Trinajstić information content (AvgIpc) is 3.59. The molecule has 4 aliphatic rings. The van der Waals surface area contributed by atoms with Crippen molar-refractivity contribution in [3.05, 3.63) is 58.4 Å². The molecule has 2 saturated heterocycles. The first-order valence-electron chi connectivity index (χ1n) is 16.1. The molecule has 3 aliphatic heterocycles. The fourth-order valence-electron chi connectivity index (χ4n) is 7.39. The van der Waals surface area contributed by atoms with E-state index in [1.807, 2.05) is 36.2 Å². The molecular formula is C34H42ClFN4O6. The van der Waals surface area contributed by atoms with Crippen LogP contribution in [0.25, 0.3) is 0 Å². The van der Waals surface area contributed by atoms with E-state index in [0.29, 0.717) is 45.4 Å². The van der Waals surface area contributed by atoms with Crippen molar-refractivity contribution in [3.63, 3.8) is 0 Å². The molecule has 1 saturated carbocycles. The van der Waals surface area contributed by atoms with E-state index in [1.54, 1.807) is 12.0 Å².